The van der Waals surface area contributed by atoms with Gasteiger partial charge in [-0.05, 0) is 53.3 Å². The summed E-state index contributed by atoms with van der Waals surface area (Å²) in [7, 11) is 4.01. The number of rotatable bonds is 3. The van der Waals surface area contributed by atoms with Crippen molar-refractivity contribution in [1.82, 2.24) is 4.90 Å². The Balaban J connectivity index is 1.71. The van der Waals surface area contributed by atoms with Crippen molar-refractivity contribution in [1.29, 1.82) is 0 Å². The first-order valence-electron chi connectivity index (χ1n) is 8.84. The average Bonchev–Trinajstić information content (AvgIpc) is 3.16. The largest absolute Gasteiger partial charge is 0.378 e. The molecule has 4 rings (SSSR count). The predicted octanol–water partition coefficient (Wildman–Crippen LogP) is 4.60. The van der Waals surface area contributed by atoms with Crippen molar-refractivity contribution in [3.63, 3.8) is 0 Å². The number of nitrogens with zero attached hydrogens (tertiary/aromatic N) is 2. The van der Waals surface area contributed by atoms with Crippen LogP contribution in [0.1, 0.15) is 32.4 Å². The molecule has 1 amide bonds. The Hall–Kier alpha value is -2.59. The summed E-state index contributed by atoms with van der Waals surface area (Å²) < 4.78 is 0. The van der Waals surface area contributed by atoms with E-state index in [-0.39, 0.29) is 11.9 Å². The zero-order chi connectivity index (χ0) is 18.1. The first-order chi connectivity index (χ1) is 12.6. The summed E-state index contributed by atoms with van der Waals surface area (Å²) in [6.45, 7) is 0.751. The van der Waals surface area contributed by atoms with Gasteiger partial charge < -0.3 is 9.80 Å². The number of benzene rings is 2. The van der Waals surface area contributed by atoms with E-state index in [1.807, 2.05) is 66.4 Å². The van der Waals surface area contributed by atoms with Crippen LogP contribution in [0.5, 0.6) is 0 Å². The fraction of sp³-hybridized carbons (Fsp3) is 0.227. The molecule has 0 spiro atoms. The van der Waals surface area contributed by atoms with Crippen LogP contribution >= 0.6 is 11.3 Å². The van der Waals surface area contributed by atoms with E-state index in [4.69, 9.17) is 0 Å². The highest BCUT2D eigenvalue weighted by atomic mass is 32.1. The number of fused-ring (bicyclic) bond motifs is 1. The van der Waals surface area contributed by atoms with E-state index in [1.165, 1.54) is 16.0 Å². The molecule has 2 aromatic carbocycles. The van der Waals surface area contributed by atoms with Gasteiger partial charge in [0.25, 0.3) is 5.91 Å². The van der Waals surface area contributed by atoms with Crippen LogP contribution in [0.15, 0.2) is 66.0 Å². The van der Waals surface area contributed by atoms with Crippen LogP contribution < -0.4 is 4.90 Å². The number of carbonyl (C=O) groups excluding carboxylic acids is 1. The van der Waals surface area contributed by atoms with E-state index in [1.54, 1.807) is 11.3 Å². The fourth-order valence-corrected chi connectivity index (χ4v) is 4.50. The monoisotopic (exact) mass is 362 g/mol. The zero-order valence-electron chi connectivity index (χ0n) is 15.1. The van der Waals surface area contributed by atoms with E-state index in [0.29, 0.717) is 0 Å². The molecule has 0 saturated carbocycles. The fourth-order valence-electron chi connectivity index (χ4n) is 3.60. The third-order valence-corrected chi connectivity index (χ3v) is 5.97. The van der Waals surface area contributed by atoms with Crippen LogP contribution in [-0.2, 0) is 6.42 Å². The van der Waals surface area contributed by atoms with E-state index in [2.05, 4.69) is 23.6 Å². The van der Waals surface area contributed by atoms with Gasteiger partial charge in [-0.1, -0.05) is 30.3 Å². The molecule has 132 valence electrons. The van der Waals surface area contributed by atoms with Gasteiger partial charge in [-0.3, -0.25) is 4.79 Å². The summed E-state index contributed by atoms with van der Waals surface area (Å²) in [5.41, 5.74) is 4.28. The molecule has 2 heterocycles. The predicted molar refractivity (Wildman–Crippen MR) is 108 cm³/mol. The smallest absolute Gasteiger partial charge is 0.254 e. The molecule has 0 N–H and O–H groups in total. The third kappa shape index (κ3) is 3.01. The summed E-state index contributed by atoms with van der Waals surface area (Å²) in [6, 6.07) is 20.4. The summed E-state index contributed by atoms with van der Waals surface area (Å²) >= 11 is 1.80. The van der Waals surface area contributed by atoms with Gasteiger partial charge in [0.2, 0.25) is 0 Å². The lowest BCUT2D eigenvalue weighted by molar-refractivity contribution is 0.0696. The molecule has 0 bridgehead atoms. The highest BCUT2D eigenvalue weighted by Crippen LogP contribution is 2.38. The zero-order valence-corrected chi connectivity index (χ0v) is 15.9. The number of carbonyl (C=O) groups is 1. The van der Waals surface area contributed by atoms with Crippen molar-refractivity contribution >= 4 is 22.9 Å². The van der Waals surface area contributed by atoms with E-state index >= 15 is 0 Å². The molecule has 3 nitrogen and oxygen atoms in total. The normalized spacial score (nSPS) is 16.2. The minimum Gasteiger partial charge on any atom is -0.378 e. The number of hydrogen-bond acceptors (Lipinski definition) is 3. The lowest BCUT2D eigenvalue weighted by Crippen LogP contribution is -2.40. The van der Waals surface area contributed by atoms with Crippen molar-refractivity contribution in [2.45, 2.75) is 12.5 Å². The molecule has 0 radical (unpaired) electrons. The Bertz CT molecular complexity index is 899. The first kappa shape index (κ1) is 16.9. The maximum absolute atomic E-state index is 13.3. The van der Waals surface area contributed by atoms with E-state index < -0.39 is 0 Å². The summed E-state index contributed by atoms with van der Waals surface area (Å²) in [6.07, 6.45) is 0.928. The molecule has 0 aliphatic carbocycles. The number of amides is 1. The summed E-state index contributed by atoms with van der Waals surface area (Å²) in [5, 5.41) is 2.14. The maximum atomic E-state index is 13.3. The van der Waals surface area contributed by atoms with Gasteiger partial charge in [0, 0.05) is 36.8 Å². The molecule has 1 aliphatic heterocycles. The topological polar surface area (TPSA) is 23.6 Å². The molecular formula is C22H22N2OS. The summed E-state index contributed by atoms with van der Waals surface area (Å²) in [4.78, 5) is 18.8. The summed E-state index contributed by atoms with van der Waals surface area (Å²) in [5.74, 6) is 0.0982. The van der Waals surface area contributed by atoms with Crippen LogP contribution in [-0.4, -0.2) is 31.4 Å². The quantitative estimate of drug-likeness (QED) is 0.680. The van der Waals surface area contributed by atoms with Gasteiger partial charge in [0.15, 0.2) is 0 Å². The van der Waals surface area contributed by atoms with Crippen molar-refractivity contribution in [2.75, 3.05) is 25.5 Å². The highest BCUT2D eigenvalue weighted by molar-refractivity contribution is 7.10. The molecule has 1 atom stereocenters. The van der Waals surface area contributed by atoms with Gasteiger partial charge in [-0.15, -0.1) is 11.3 Å². The minimum absolute atomic E-state index is 0.00720. The van der Waals surface area contributed by atoms with E-state index in [9.17, 15) is 4.79 Å². The van der Waals surface area contributed by atoms with Gasteiger partial charge in [0.1, 0.15) is 0 Å². The lowest BCUT2D eigenvalue weighted by Gasteiger charge is -2.36. The second kappa shape index (κ2) is 6.96. The van der Waals surface area contributed by atoms with Gasteiger partial charge >= 0.3 is 0 Å². The number of thiophene rings is 1. The van der Waals surface area contributed by atoms with E-state index in [0.717, 1.165) is 24.2 Å². The average molecular weight is 362 g/mol. The Labute approximate surface area is 158 Å². The van der Waals surface area contributed by atoms with Gasteiger partial charge in [-0.2, -0.15) is 0 Å². The van der Waals surface area contributed by atoms with Crippen molar-refractivity contribution in [3.8, 4) is 0 Å². The SMILES string of the molecule is CN(C)c1ccc(C(=O)N2CCc3sccc3C2c2ccccc2)cc1. The van der Waals surface area contributed by atoms with Crippen LogP contribution in [0.4, 0.5) is 5.69 Å². The number of hydrogen-bond donors (Lipinski definition) is 0. The Morgan fingerprint density at radius 1 is 1.04 bits per heavy atom. The lowest BCUT2D eigenvalue weighted by atomic mass is 9.92. The van der Waals surface area contributed by atoms with Gasteiger partial charge in [-0.25, -0.2) is 0 Å². The van der Waals surface area contributed by atoms with Crippen molar-refractivity contribution < 1.29 is 4.79 Å². The molecule has 26 heavy (non-hydrogen) atoms. The second-order valence-electron chi connectivity index (χ2n) is 6.80. The van der Waals surface area contributed by atoms with Crippen LogP contribution in [0.2, 0.25) is 0 Å². The molecule has 1 aromatic heterocycles. The second-order valence-corrected chi connectivity index (χ2v) is 7.80. The molecule has 3 aromatic rings. The van der Waals surface area contributed by atoms with Crippen molar-refractivity contribution in [2.24, 2.45) is 0 Å². The number of anilines is 1. The molecule has 1 aliphatic rings. The highest BCUT2D eigenvalue weighted by Gasteiger charge is 2.33. The molecule has 1 unspecified atom stereocenters. The van der Waals surface area contributed by atoms with Crippen LogP contribution in [0, 0.1) is 0 Å². The Morgan fingerprint density at radius 2 is 1.77 bits per heavy atom. The van der Waals surface area contributed by atoms with Gasteiger partial charge in [0.05, 0.1) is 6.04 Å². The third-order valence-electron chi connectivity index (χ3n) is 4.97. The Kier molecular flexibility index (Phi) is 4.51. The minimum atomic E-state index is -0.00720. The first-order valence-corrected chi connectivity index (χ1v) is 9.72. The standard InChI is InChI=1S/C22H22N2OS/c1-23(2)18-10-8-17(9-11-18)22(25)24-14-12-20-19(13-15-26-20)21(24)16-6-4-3-5-7-16/h3-11,13,15,21H,12,14H2,1-2H3. The molecule has 0 saturated heterocycles. The maximum Gasteiger partial charge on any atom is 0.254 e. The van der Waals surface area contributed by atoms with Crippen LogP contribution in [0.25, 0.3) is 0 Å². The Morgan fingerprint density at radius 3 is 2.46 bits per heavy atom. The molecule has 0 fully saturated rings. The van der Waals surface area contributed by atoms with Crippen LogP contribution in [0.3, 0.4) is 0 Å². The molecule has 4 heteroatoms. The van der Waals surface area contributed by atoms with Crippen molar-refractivity contribution in [3.05, 3.63) is 87.6 Å². The molecular weight excluding hydrogens is 340 g/mol.